The van der Waals surface area contributed by atoms with Crippen molar-refractivity contribution in [2.45, 2.75) is 30.7 Å². The molecule has 0 aromatic heterocycles. The molecule has 2 saturated carbocycles. The third-order valence-electron chi connectivity index (χ3n) is 6.33. The fourth-order valence-corrected chi connectivity index (χ4v) is 4.42. The normalized spacial score (nSPS) is 31.4. The van der Waals surface area contributed by atoms with Crippen LogP contribution in [0.2, 0.25) is 0 Å². The predicted octanol–water partition coefficient (Wildman–Crippen LogP) is 2.65. The SMILES string of the molecule is O=C(N=C1C[C@H]1c1ccccc1)[C@H]1CNC[C@@H]1C(=O)N[C@@H]1CC1c1ccccc1. The molecule has 1 unspecified atom stereocenters. The van der Waals surface area contributed by atoms with E-state index in [2.05, 4.69) is 39.9 Å². The van der Waals surface area contributed by atoms with Gasteiger partial charge in [0.25, 0.3) is 5.91 Å². The van der Waals surface area contributed by atoms with E-state index < -0.39 is 0 Å². The van der Waals surface area contributed by atoms with Gasteiger partial charge in [0.15, 0.2) is 0 Å². The summed E-state index contributed by atoms with van der Waals surface area (Å²) in [5.74, 6) is -0.223. The molecule has 1 heterocycles. The Hall–Kier alpha value is -2.79. The van der Waals surface area contributed by atoms with Crippen LogP contribution in [0.15, 0.2) is 65.7 Å². The van der Waals surface area contributed by atoms with Crippen molar-refractivity contribution in [1.29, 1.82) is 0 Å². The molecule has 0 spiro atoms. The molecule has 2 amide bonds. The van der Waals surface area contributed by atoms with Crippen LogP contribution in [0, 0.1) is 11.8 Å². The topological polar surface area (TPSA) is 70.6 Å². The molecule has 1 saturated heterocycles. The van der Waals surface area contributed by atoms with Crippen LogP contribution in [0.25, 0.3) is 0 Å². The van der Waals surface area contributed by atoms with Gasteiger partial charge in [-0.05, 0) is 24.0 Å². The Bertz CT molecular complexity index is 941. The molecule has 5 nitrogen and oxygen atoms in total. The van der Waals surface area contributed by atoms with Gasteiger partial charge in [-0.15, -0.1) is 0 Å². The Morgan fingerprint density at radius 2 is 1.55 bits per heavy atom. The molecular formula is C24H25N3O2. The van der Waals surface area contributed by atoms with Gasteiger partial charge in [-0.1, -0.05) is 60.7 Å². The highest BCUT2D eigenvalue weighted by molar-refractivity contribution is 6.11. The maximum absolute atomic E-state index is 12.8. The highest BCUT2D eigenvalue weighted by Gasteiger charge is 2.44. The monoisotopic (exact) mass is 387 g/mol. The molecule has 148 valence electrons. The number of aliphatic imine (C=N–C) groups is 1. The number of carbonyl (C=O) groups is 2. The first kappa shape index (κ1) is 18.3. The lowest BCUT2D eigenvalue weighted by atomic mass is 9.94. The van der Waals surface area contributed by atoms with Crippen LogP contribution in [0.5, 0.6) is 0 Å². The minimum absolute atomic E-state index is 0.0209. The van der Waals surface area contributed by atoms with Crippen molar-refractivity contribution in [2.75, 3.05) is 13.1 Å². The van der Waals surface area contributed by atoms with Gasteiger partial charge in [0.2, 0.25) is 5.91 Å². The zero-order chi connectivity index (χ0) is 19.8. The largest absolute Gasteiger partial charge is 0.352 e. The zero-order valence-corrected chi connectivity index (χ0v) is 16.3. The Balaban J connectivity index is 1.19. The molecule has 0 radical (unpaired) electrons. The smallest absolute Gasteiger partial charge is 0.250 e. The number of amides is 2. The maximum atomic E-state index is 12.8. The first-order valence-electron chi connectivity index (χ1n) is 10.4. The van der Waals surface area contributed by atoms with E-state index in [1.807, 2.05) is 36.4 Å². The molecule has 0 bridgehead atoms. The van der Waals surface area contributed by atoms with Crippen molar-refractivity contribution >= 4 is 17.5 Å². The molecule has 5 atom stereocenters. The first-order chi connectivity index (χ1) is 14.2. The molecule has 2 aromatic carbocycles. The van der Waals surface area contributed by atoms with Gasteiger partial charge < -0.3 is 10.6 Å². The maximum Gasteiger partial charge on any atom is 0.250 e. The summed E-state index contributed by atoms with van der Waals surface area (Å²) in [7, 11) is 0. The first-order valence-corrected chi connectivity index (χ1v) is 10.4. The number of hydrogen-bond donors (Lipinski definition) is 2. The van der Waals surface area contributed by atoms with Crippen LogP contribution in [-0.4, -0.2) is 36.7 Å². The summed E-state index contributed by atoms with van der Waals surface area (Å²) in [6.07, 6.45) is 1.81. The quantitative estimate of drug-likeness (QED) is 0.829. The number of benzene rings is 2. The Morgan fingerprint density at radius 3 is 2.28 bits per heavy atom. The second-order valence-corrected chi connectivity index (χ2v) is 8.35. The average molecular weight is 387 g/mol. The van der Waals surface area contributed by atoms with Crippen molar-refractivity contribution < 1.29 is 9.59 Å². The minimum Gasteiger partial charge on any atom is -0.352 e. The van der Waals surface area contributed by atoms with Gasteiger partial charge in [0, 0.05) is 36.7 Å². The molecule has 5 rings (SSSR count). The molecule has 2 aliphatic carbocycles. The summed E-state index contributed by atoms with van der Waals surface area (Å²) in [6, 6.07) is 20.6. The molecule has 2 aromatic rings. The minimum atomic E-state index is -0.367. The number of hydrogen-bond acceptors (Lipinski definition) is 3. The number of rotatable bonds is 5. The second-order valence-electron chi connectivity index (χ2n) is 8.35. The van der Waals surface area contributed by atoms with Crippen molar-refractivity contribution in [3.05, 3.63) is 71.8 Å². The summed E-state index contributed by atoms with van der Waals surface area (Å²) in [5.41, 5.74) is 3.42. The summed E-state index contributed by atoms with van der Waals surface area (Å²) in [5, 5.41) is 6.36. The summed E-state index contributed by atoms with van der Waals surface area (Å²) in [4.78, 5) is 30.0. The molecule has 3 fully saturated rings. The Labute approximate surface area is 170 Å². The van der Waals surface area contributed by atoms with E-state index in [-0.39, 0.29) is 35.6 Å². The number of carbonyl (C=O) groups excluding carboxylic acids is 2. The second kappa shape index (κ2) is 7.56. The van der Waals surface area contributed by atoms with E-state index >= 15 is 0 Å². The van der Waals surface area contributed by atoms with Crippen molar-refractivity contribution in [3.8, 4) is 0 Å². The molecule has 5 heteroatoms. The van der Waals surface area contributed by atoms with E-state index in [1.165, 1.54) is 11.1 Å². The third kappa shape index (κ3) is 3.87. The van der Waals surface area contributed by atoms with Crippen LogP contribution in [0.3, 0.4) is 0 Å². The lowest BCUT2D eigenvalue weighted by molar-refractivity contribution is -0.131. The number of nitrogens with one attached hydrogen (secondary N) is 2. The zero-order valence-electron chi connectivity index (χ0n) is 16.3. The highest BCUT2D eigenvalue weighted by Crippen LogP contribution is 2.41. The molecular weight excluding hydrogens is 362 g/mol. The predicted molar refractivity (Wildman–Crippen MR) is 112 cm³/mol. The van der Waals surface area contributed by atoms with Gasteiger partial charge in [-0.2, -0.15) is 0 Å². The van der Waals surface area contributed by atoms with Gasteiger partial charge in [0.05, 0.1) is 11.8 Å². The fourth-order valence-electron chi connectivity index (χ4n) is 4.42. The summed E-state index contributed by atoms with van der Waals surface area (Å²) >= 11 is 0. The van der Waals surface area contributed by atoms with E-state index in [4.69, 9.17) is 0 Å². The standard InChI is InChI=1S/C24H25N3O2/c28-23(26-21-11-17(21)15-7-3-1-4-8-15)19-13-25-14-20(19)24(29)27-22-12-18(22)16-9-5-2-6-10-16/h1-10,17-21,25H,11-14H2,(H,26,28)/t17?,18-,19-,20-,21+/m0/s1. The van der Waals surface area contributed by atoms with Gasteiger partial charge in [-0.3, -0.25) is 9.59 Å². The van der Waals surface area contributed by atoms with Crippen LogP contribution >= 0.6 is 0 Å². The lowest BCUT2D eigenvalue weighted by Gasteiger charge is -2.15. The van der Waals surface area contributed by atoms with Crippen molar-refractivity contribution in [3.63, 3.8) is 0 Å². The van der Waals surface area contributed by atoms with Crippen LogP contribution in [0.1, 0.15) is 35.8 Å². The van der Waals surface area contributed by atoms with Gasteiger partial charge >= 0.3 is 0 Å². The van der Waals surface area contributed by atoms with Crippen LogP contribution in [0.4, 0.5) is 0 Å². The van der Waals surface area contributed by atoms with Crippen LogP contribution in [-0.2, 0) is 9.59 Å². The lowest BCUT2D eigenvalue weighted by Crippen LogP contribution is -2.38. The number of nitrogens with zero attached hydrogens (tertiary/aromatic N) is 1. The molecule has 29 heavy (non-hydrogen) atoms. The Kier molecular flexibility index (Phi) is 4.76. The molecule has 3 aliphatic rings. The van der Waals surface area contributed by atoms with E-state index in [1.54, 1.807) is 0 Å². The Morgan fingerprint density at radius 1 is 0.897 bits per heavy atom. The van der Waals surface area contributed by atoms with Gasteiger partial charge in [0.1, 0.15) is 0 Å². The van der Waals surface area contributed by atoms with Crippen LogP contribution < -0.4 is 10.6 Å². The highest BCUT2D eigenvalue weighted by atomic mass is 16.2. The molecule has 1 aliphatic heterocycles. The van der Waals surface area contributed by atoms with Gasteiger partial charge in [-0.25, -0.2) is 4.99 Å². The van der Waals surface area contributed by atoms with E-state index in [0.29, 0.717) is 19.0 Å². The van der Waals surface area contributed by atoms with Crippen molar-refractivity contribution in [2.24, 2.45) is 16.8 Å². The van der Waals surface area contributed by atoms with E-state index in [0.717, 1.165) is 18.6 Å². The van der Waals surface area contributed by atoms with E-state index in [9.17, 15) is 9.59 Å². The summed E-state index contributed by atoms with van der Waals surface area (Å²) in [6.45, 7) is 1.06. The summed E-state index contributed by atoms with van der Waals surface area (Å²) < 4.78 is 0. The molecule has 2 N–H and O–H groups in total. The fraction of sp³-hybridized carbons (Fsp3) is 0.375. The van der Waals surface area contributed by atoms with Crippen molar-refractivity contribution in [1.82, 2.24) is 10.6 Å². The third-order valence-corrected chi connectivity index (χ3v) is 6.33. The average Bonchev–Trinajstić information content (AvgIpc) is 3.65.